The Kier molecular flexibility index (Phi) is 3.89. The number of amides is 4. The maximum atomic E-state index is 12.0. The van der Waals surface area contributed by atoms with E-state index in [1.54, 1.807) is 12.1 Å². The first-order chi connectivity index (χ1) is 11.9. The molecule has 4 amide bonds. The summed E-state index contributed by atoms with van der Waals surface area (Å²) in [6.45, 7) is 0. The zero-order chi connectivity index (χ0) is 18.1. The lowest BCUT2D eigenvalue weighted by Crippen LogP contribution is -2.52. The Morgan fingerprint density at radius 3 is 2.68 bits per heavy atom. The molecule has 2 aromatic rings. The highest BCUT2D eigenvalue weighted by Gasteiger charge is 2.33. The average Bonchev–Trinajstić information content (AvgIpc) is 3.05. The number of barbiturate groups is 1. The lowest BCUT2D eigenvalue weighted by Gasteiger charge is -2.21. The fourth-order valence-corrected chi connectivity index (χ4v) is 2.25. The topological polar surface area (TPSA) is 123 Å². The van der Waals surface area contributed by atoms with Crippen molar-refractivity contribution in [2.75, 3.05) is 7.05 Å². The molecule has 0 aliphatic carbocycles. The van der Waals surface area contributed by atoms with E-state index in [-0.39, 0.29) is 17.0 Å². The Hall–Kier alpha value is -3.75. The van der Waals surface area contributed by atoms with Gasteiger partial charge in [0.05, 0.1) is 4.92 Å². The third kappa shape index (κ3) is 3.02. The minimum absolute atomic E-state index is 0.0872. The molecule has 0 atom stereocenters. The first-order valence-corrected chi connectivity index (χ1v) is 7.06. The van der Waals surface area contributed by atoms with E-state index in [0.29, 0.717) is 11.3 Å². The number of nitro groups is 1. The Morgan fingerprint density at radius 1 is 1.20 bits per heavy atom. The van der Waals surface area contributed by atoms with Gasteiger partial charge in [0.25, 0.3) is 17.5 Å². The van der Waals surface area contributed by atoms with Crippen LogP contribution in [0.25, 0.3) is 17.4 Å². The van der Waals surface area contributed by atoms with Crippen LogP contribution in [0.5, 0.6) is 0 Å². The van der Waals surface area contributed by atoms with Gasteiger partial charge >= 0.3 is 6.03 Å². The van der Waals surface area contributed by atoms with Gasteiger partial charge in [-0.25, -0.2) is 4.79 Å². The summed E-state index contributed by atoms with van der Waals surface area (Å²) >= 11 is 0. The van der Waals surface area contributed by atoms with Crippen molar-refractivity contribution in [3.05, 3.63) is 57.8 Å². The summed E-state index contributed by atoms with van der Waals surface area (Å²) in [5.41, 5.74) is 0.142. The number of nitro benzene ring substituents is 1. The minimum atomic E-state index is -0.818. The van der Waals surface area contributed by atoms with E-state index in [2.05, 4.69) is 0 Å². The molecule has 0 spiro atoms. The summed E-state index contributed by atoms with van der Waals surface area (Å²) in [4.78, 5) is 46.2. The molecule has 1 aliphatic rings. The summed E-state index contributed by atoms with van der Waals surface area (Å²) in [6.07, 6.45) is 1.21. The summed E-state index contributed by atoms with van der Waals surface area (Å²) < 4.78 is 5.53. The van der Waals surface area contributed by atoms with E-state index in [0.717, 1.165) is 4.90 Å². The van der Waals surface area contributed by atoms with Crippen molar-refractivity contribution in [1.82, 2.24) is 10.2 Å². The van der Waals surface area contributed by atoms with Crippen LogP contribution in [-0.4, -0.2) is 34.7 Å². The number of carbonyl (C=O) groups is 3. The van der Waals surface area contributed by atoms with E-state index >= 15 is 0 Å². The molecule has 9 nitrogen and oxygen atoms in total. The summed E-state index contributed by atoms with van der Waals surface area (Å²) in [5, 5.41) is 12.9. The normalized spacial score (nSPS) is 16.3. The van der Waals surface area contributed by atoms with Crippen LogP contribution in [0.2, 0.25) is 0 Å². The number of imide groups is 2. The zero-order valence-corrected chi connectivity index (χ0v) is 12.9. The van der Waals surface area contributed by atoms with Crippen molar-refractivity contribution < 1.29 is 23.7 Å². The number of non-ortho nitro benzene ring substituents is 1. The van der Waals surface area contributed by atoms with Crippen LogP contribution >= 0.6 is 0 Å². The molecule has 1 aliphatic heterocycles. The molecule has 1 aromatic carbocycles. The van der Waals surface area contributed by atoms with Gasteiger partial charge in [-0.05, 0) is 18.2 Å². The number of furan rings is 1. The summed E-state index contributed by atoms with van der Waals surface area (Å²) in [5.74, 6) is -1.03. The molecule has 126 valence electrons. The Morgan fingerprint density at radius 2 is 1.96 bits per heavy atom. The molecule has 0 saturated carbocycles. The van der Waals surface area contributed by atoms with Crippen molar-refractivity contribution in [3.8, 4) is 11.3 Å². The maximum absolute atomic E-state index is 12.0. The number of rotatable bonds is 3. The van der Waals surface area contributed by atoms with E-state index in [9.17, 15) is 24.5 Å². The van der Waals surface area contributed by atoms with Crippen LogP contribution in [0.3, 0.4) is 0 Å². The second-order valence-electron chi connectivity index (χ2n) is 5.19. The van der Waals surface area contributed by atoms with Crippen molar-refractivity contribution in [1.29, 1.82) is 0 Å². The van der Waals surface area contributed by atoms with Crippen molar-refractivity contribution in [2.45, 2.75) is 0 Å². The number of likely N-dealkylation sites (N-methyl/N-ethyl adjacent to an activating group) is 1. The van der Waals surface area contributed by atoms with Crippen LogP contribution in [0.4, 0.5) is 10.5 Å². The van der Waals surface area contributed by atoms with E-state index < -0.39 is 22.8 Å². The molecule has 9 heteroatoms. The number of nitrogens with zero attached hydrogens (tertiary/aromatic N) is 2. The molecule has 3 rings (SSSR count). The third-order valence-corrected chi connectivity index (χ3v) is 3.56. The Labute approximate surface area is 140 Å². The molecule has 0 bridgehead atoms. The SMILES string of the molecule is CN1C(=O)NC(=O)/C(=C/c2ccc(-c3cccc([N+](=O)[O-])c3)o2)C1=O. The molecule has 25 heavy (non-hydrogen) atoms. The number of benzene rings is 1. The summed E-state index contributed by atoms with van der Waals surface area (Å²) in [6, 6.07) is 8.13. The number of urea groups is 1. The number of nitrogens with one attached hydrogen (secondary N) is 1. The molecular weight excluding hydrogens is 330 g/mol. The predicted molar refractivity (Wildman–Crippen MR) is 85.1 cm³/mol. The van der Waals surface area contributed by atoms with Gasteiger partial charge in [0, 0.05) is 24.7 Å². The smallest absolute Gasteiger partial charge is 0.331 e. The van der Waals surface area contributed by atoms with Crippen LogP contribution in [-0.2, 0) is 9.59 Å². The first kappa shape index (κ1) is 16.1. The lowest BCUT2D eigenvalue weighted by atomic mass is 10.1. The molecule has 1 aromatic heterocycles. The average molecular weight is 341 g/mol. The monoisotopic (exact) mass is 341 g/mol. The first-order valence-electron chi connectivity index (χ1n) is 7.06. The third-order valence-electron chi connectivity index (χ3n) is 3.56. The van der Waals surface area contributed by atoms with E-state index in [1.807, 2.05) is 5.32 Å². The maximum Gasteiger partial charge on any atom is 0.331 e. The second kappa shape index (κ2) is 6.04. The number of hydrogen-bond acceptors (Lipinski definition) is 6. The van der Waals surface area contributed by atoms with Gasteiger partial charge in [0.1, 0.15) is 17.1 Å². The van der Waals surface area contributed by atoms with Gasteiger partial charge in [0.15, 0.2) is 0 Å². The molecule has 2 heterocycles. The van der Waals surface area contributed by atoms with Gasteiger partial charge < -0.3 is 4.42 Å². The highest BCUT2D eigenvalue weighted by atomic mass is 16.6. The molecule has 0 unspecified atom stereocenters. The standard InChI is InChI=1S/C16H11N3O6/c1-18-15(21)12(14(20)17-16(18)22)8-11-5-6-13(25-11)9-3-2-4-10(7-9)19(23)24/h2-8H,1H3,(H,17,20,22)/b12-8-. The molecule has 1 saturated heterocycles. The zero-order valence-electron chi connectivity index (χ0n) is 12.9. The van der Waals surface area contributed by atoms with Gasteiger partial charge in [0.2, 0.25) is 0 Å². The van der Waals surface area contributed by atoms with Gasteiger partial charge in [-0.3, -0.25) is 29.9 Å². The van der Waals surface area contributed by atoms with E-state index in [4.69, 9.17) is 4.42 Å². The fraction of sp³-hybridized carbons (Fsp3) is 0.0625. The predicted octanol–water partition coefficient (Wildman–Crippen LogP) is 1.95. The Bertz CT molecular complexity index is 943. The number of hydrogen-bond donors (Lipinski definition) is 1. The molecule has 0 radical (unpaired) electrons. The largest absolute Gasteiger partial charge is 0.457 e. The lowest BCUT2D eigenvalue weighted by molar-refractivity contribution is -0.384. The fourth-order valence-electron chi connectivity index (χ4n) is 2.25. The van der Waals surface area contributed by atoms with Crippen LogP contribution in [0, 0.1) is 10.1 Å². The molecule has 1 fully saturated rings. The van der Waals surface area contributed by atoms with Gasteiger partial charge in [-0.15, -0.1) is 0 Å². The second-order valence-corrected chi connectivity index (χ2v) is 5.19. The van der Waals surface area contributed by atoms with Crippen molar-refractivity contribution >= 4 is 29.6 Å². The van der Waals surface area contributed by atoms with Crippen LogP contribution in [0.1, 0.15) is 5.76 Å². The minimum Gasteiger partial charge on any atom is -0.457 e. The molecular formula is C16H11N3O6. The number of carbonyl (C=O) groups excluding carboxylic acids is 3. The summed E-state index contributed by atoms with van der Waals surface area (Å²) in [7, 11) is 1.24. The van der Waals surface area contributed by atoms with Crippen molar-refractivity contribution in [2.24, 2.45) is 0 Å². The van der Waals surface area contributed by atoms with Gasteiger partial charge in [-0.1, -0.05) is 12.1 Å². The highest BCUT2D eigenvalue weighted by Crippen LogP contribution is 2.27. The highest BCUT2D eigenvalue weighted by molar-refractivity contribution is 6.30. The molecule has 1 N–H and O–H groups in total. The van der Waals surface area contributed by atoms with Crippen LogP contribution < -0.4 is 5.32 Å². The van der Waals surface area contributed by atoms with E-state index in [1.165, 1.54) is 37.4 Å². The quantitative estimate of drug-likeness (QED) is 0.394. The van der Waals surface area contributed by atoms with Gasteiger partial charge in [-0.2, -0.15) is 0 Å². The van der Waals surface area contributed by atoms with Crippen molar-refractivity contribution in [3.63, 3.8) is 0 Å². The van der Waals surface area contributed by atoms with Crippen LogP contribution in [0.15, 0.2) is 46.4 Å². The Balaban J connectivity index is 1.93.